The van der Waals surface area contributed by atoms with E-state index in [4.69, 9.17) is 18.9 Å². The van der Waals surface area contributed by atoms with Crippen LogP contribution in [0.1, 0.15) is 11.1 Å². The standard InChI is InChI=1S/C31H21Br2N3O4/c1-38-28-14-19(10-13-27(28)39-18-21-11-12-22(32)16-24(21)33)17-34-36-30(29-15-20-6-2-5-9-26(20)40-29)35-25-8-4-3-7-23(25)31(36)37/h2-17H,18H2,1H3. The summed E-state index contributed by atoms with van der Waals surface area (Å²) in [4.78, 5) is 18.3. The van der Waals surface area contributed by atoms with Crippen LogP contribution in [-0.2, 0) is 6.61 Å². The third-order valence-electron chi connectivity index (χ3n) is 6.31. The molecule has 7 nitrogen and oxygen atoms in total. The van der Waals surface area contributed by atoms with Crippen LogP contribution in [0.15, 0.2) is 114 Å². The second-order valence-electron chi connectivity index (χ2n) is 8.90. The molecule has 0 aliphatic rings. The van der Waals surface area contributed by atoms with Crippen LogP contribution < -0.4 is 15.0 Å². The van der Waals surface area contributed by atoms with Crippen molar-refractivity contribution in [2.75, 3.05) is 7.11 Å². The van der Waals surface area contributed by atoms with Crippen LogP contribution in [0.3, 0.4) is 0 Å². The highest BCUT2D eigenvalue weighted by molar-refractivity contribution is 9.11. The molecule has 0 atom stereocenters. The summed E-state index contributed by atoms with van der Waals surface area (Å²) >= 11 is 7.03. The number of rotatable bonds is 7. The fourth-order valence-electron chi connectivity index (χ4n) is 4.28. The van der Waals surface area contributed by atoms with Gasteiger partial charge in [0, 0.05) is 19.9 Å². The molecule has 198 valence electrons. The van der Waals surface area contributed by atoms with Crippen molar-refractivity contribution in [3.05, 3.63) is 121 Å². The predicted molar refractivity (Wildman–Crippen MR) is 163 cm³/mol. The molecule has 0 radical (unpaired) electrons. The van der Waals surface area contributed by atoms with Crippen molar-refractivity contribution in [3.8, 4) is 23.1 Å². The van der Waals surface area contributed by atoms with Crippen LogP contribution in [0.25, 0.3) is 33.5 Å². The Kier molecular flexibility index (Phi) is 7.23. The quantitative estimate of drug-likeness (QED) is 0.164. The Morgan fingerprint density at radius 3 is 2.60 bits per heavy atom. The minimum atomic E-state index is -0.302. The van der Waals surface area contributed by atoms with Crippen LogP contribution in [0.5, 0.6) is 11.5 Å². The molecule has 0 unspecified atom stereocenters. The second-order valence-corrected chi connectivity index (χ2v) is 10.7. The summed E-state index contributed by atoms with van der Waals surface area (Å²) in [6.45, 7) is 0.358. The lowest BCUT2D eigenvalue weighted by atomic mass is 10.2. The first-order valence-electron chi connectivity index (χ1n) is 12.3. The number of aromatic nitrogens is 2. The Morgan fingerprint density at radius 2 is 1.77 bits per heavy atom. The Labute approximate surface area is 245 Å². The molecule has 9 heteroatoms. The highest BCUT2D eigenvalue weighted by Crippen LogP contribution is 2.31. The number of ether oxygens (including phenoxy) is 2. The van der Waals surface area contributed by atoms with Crippen LogP contribution in [0.4, 0.5) is 0 Å². The van der Waals surface area contributed by atoms with E-state index >= 15 is 0 Å². The smallest absolute Gasteiger partial charge is 0.282 e. The van der Waals surface area contributed by atoms with Crippen LogP contribution in [0, 0.1) is 0 Å². The molecule has 0 fully saturated rings. The zero-order chi connectivity index (χ0) is 27.6. The molecule has 6 aromatic rings. The molecule has 0 spiro atoms. The van der Waals surface area contributed by atoms with E-state index in [2.05, 4.69) is 37.0 Å². The SMILES string of the molecule is COc1cc(C=Nn2c(-c3cc4ccccc4o3)nc3ccccc3c2=O)ccc1OCc1ccc(Br)cc1Br. The Bertz CT molecular complexity index is 1930. The van der Waals surface area contributed by atoms with E-state index in [-0.39, 0.29) is 5.56 Å². The number of fused-ring (bicyclic) bond motifs is 2. The molecule has 0 aliphatic heterocycles. The number of para-hydroxylation sites is 2. The first-order valence-corrected chi connectivity index (χ1v) is 13.9. The molecule has 40 heavy (non-hydrogen) atoms. The molecule has 6 rings (SSSR count). The first kappa shape index (κ1) is 26.0. The van der Waals surface area contributed by atoms with E-state index in [1.807, 2.05) is 66.7 Å². The van der Waals surface area contributed by atoms with Crippen LogP contribution in [0.2, 0.25) is 0 Å². The second kappa shape index (κ2) is 11.1. The molecule has 2 heterocycles. The largest absolute Gasteiger partial charge is 0.493 e. The predicted octanol–water partition coefficient (Wildman–Crippen LogP) is 7.80. The summed E-state index contributed by atoms with van der Waals surface area (Å²) in [5, 5.41) is 5.91. The van der Waals surface area contributed by atoms with E-state index < -0.39 is 0 Å². The highest BCUT2D eigenvalue weighted by Gasteiger charge is 2.16. The summed E-state index contributed by atoms with van der Waals surface area (Å²) in [5.41, 5.74) is 2.67. The van der Waals surface area contributed by atoms with Crippen molar-refractivity contribution >= 4 is 59.9 Å². The molecule has 0 aliphatic carbocycles. The Morgan fingerprint density at radius 1 is 0.950 bits per heavy atom. The maximum absolute atomic E-state index is 13.5. The molecule has 0 bridgehead atoms. The fourth-order valence-corrected chi connectivity index (χ4v) is 5.45. The lowest BCUT2D eigenvalue weighted by Crippen LogP contribution is -2.20. The summed E-state index contributed by atoms with van der Waals surface area (Å²) < 4.78 is 20.8. The van der Waals surface area contributed by atoms with Gasteiger partial charge in [0.25, 0.3) is 5.56 Å². The van der Waals surface area contributed by atoms with Gasteiger partial charge in [-0.1, -0.05) is 68.3 Å². The van der Waals surface area contributed by atoms with Crippen molar-refractivity contribution in [1.29, 1.82) is 0 Å². The van der Waals surface area contributed by atoms with Gasteiger partial charge in [-0.15, -0.1) is 0 Å². The lowest BCUT2D eigenvalue weighted by molar-refractivity contribution is 0.284. The van der Waals surface area contributed by atoms with Gasteiger partial charge < -0.3 is 13.9 Å². The number of halogens is 2. The molecule has 2 aromatic heterocycles. The number of nitrogens with zero attached hydrogens (tertiary/aromatic N) is 3. The Balaban J connectivity index is 1.35. The molecule has 0 saturated carbocycles. The molecular formula is C31H21Br2N3O4. The van der Waals surface area contributed by atoms with Crippen LogP contribution in [-0.4, -0.2) is 23.0 Å². The molecular weight excluding hydrogens is 638 g/mol. The first-order chi connectivity index (χ1) is 19.5. The lowest BCUT2D eigenvalue weighted by Gasteiger charge is -2.12. The van der Waals surface area contributed by atoms with Crippen molar-refractivity contribution < 1.29 is 13.9 Å². The van der Waals surface area contributed by atoms with E-state index in [0.717, 1.165) is 19.9 Å². The van der Waals surface area contributed by atoms with Gasteiger partial charge in [-0.2, -0.15) is 9.78 Å². The highest BCUT2D eigenvalue weighted by atomic mass is 79.9. The average Bonchev–Trinajstić information content (AvgIpc) is 3.41. The topological polar surface area (TPSA) is 78.9 Å². The fraction of sp³-hybridized carbons (Fsp3) is 0.0645. The number of benzene rings is 4. The van der Waals surface area contributed by atoms with Gasteiger partial charge in [-0.3, -0.25) is 4.79 Å². The van der Waals surface area contributed by atoms with Gasteiger partial charge in [0.15, 0.2) is 17.3 Å². The summed E-state index contributed by atoms with van der Waals surface area (Å²) in [6.07, 6.45) is 1.58. The van der Waals surface area contributed by atoms with Crippen molar-refractivity contribution in [3.63, 3.8) is 0 Å². The van der Waals surface area contributed by atoms with Gasteiger partial charge in [0.05, 0.1) is 24.2 Å². The van der Waals surface area contributed by atoms with Crippen molar-refractivity contribution in [2.45, 2.75) is 6.61 Å². The zero-order valence-corrected chi connectivity index (χ0v) is 24.3. The van der Waals surface area contributed by atoms with E-state index in [0.29, 0.717) is 51.7 Å². The van der Waals surface area contributed by atoms with E-state index in [9.17, 15) is 4.79 Å². The van der Waals surface area contributed by atoms with E-state index in [1.54, 1.807) is 37.6 Å². The average molecular weight is 659 g/mol. The molecule has 0 saturated heterocycles. The van der Waals surface area contributed by atoms with Gasteiger partial charge in [0.1, 0.15) is 12.2 Å². The van der Waals surface area contributed by atoms with E-state index in [1.165, 1.54) is 4.68 Å². The summed E-state index contributed by atoms with van der Waals surface area (Å²) in [6, 6.07) is 28.1. The van der Waals surface area contributed by atoms with Gasteiger partial charge in [-0.05, 0) is 60.2 Å². The van der Waals surface area contributed by atoms with Gasteiger partial charge in [-0.25, -0.2) is 4.98 Å². The monoisotopic (exact) mass is 657 g/mol. The third kappa shape index (κ3) is 5.17. The third-order valence-corrected chi connectivity index (χ3v) is 7.54. The number of hydrogen-bond donors (Lipinski definition) is 0. The minimum absolute atomic E-state index is 0.302. The molecule has 0 N–H and O–H groups in total. The Hall–Kier alpha value is -4.21. The zero-order valence-electron chi connectivity index (χ0n) is 21.2. The van der Waals surface area contributed by atoms with Crippen molar-refractivity contribution in [1.82, 2.24) is 9.66 Å². The number of methoxy groups -OCH3 is 1. The normalized spacial score (nSPS) is 11.5. The van der Waals surface area contributed by atoms with Crippen LogP contribution >= 0.6 is 31.9 Å². The number of furan rings is 1. The van der Waals surface area contributed by atoms with Gasteiger partial charge in [0.2, 0.25) is 5.82 Å². The minimum Gasteiger partial charge on any atom is -0.493 e. The maximum Gasteiger partial charge on any atom is 0.282 e. The van der Waals surface area contributed by atoms with Crippen molar-refractivity contribution in [2.24, 2.45) is 5.10 Å². The summed E-state index contributed by atoms with van der Waals surface area (Å²) in [7, 11) is 1.58. The summed E-state index contributed by atoms with van der Waals surface area (Å²) in [5.74, 6) is 1.88. The maximum atomic E-state index is 13.5. The van der Waals surface area contributed by atoms with Gasteiger partial charge >= 0.3 is 0 Å². The molecule has 4 aromatic carbocycles. The molecule has 0 amide bonds. The number of hydrogen-bond acceptors (Lipinski definition) is 6.